The van der Waals surface area contributed by atoms with E-state index in [0.717, 1.165) is 4.47 Å². The highest BCUT2D eigenvalue weighted by molar-refractivity contribution is 9.11. The van der Waals surface area contributed by atoms with E-state index in [9.17, 15) is 9.90 Å². The number of rotatable bonds is 3. The van der Waals surface area contributed by atoms with Gasteiger partial charge in [-0.3, -0.25) is 4.79 Å². The summed E-state index contributed by atoms with van der Waals surface area (Å²) in [7, 11) is 1.57. The van der Waals surface area contributed by atoms with E-state index in [2.05, 4.69) is 42.2 Å². The zero-order valence-electron chi connectivity index (χ0n) is 12.9. The van der Waals surface area contributed by atoms with Gasteiger partial charge in [0.1, 0.15) is 17.2 Å². The summed E-state index contributed by atoms with van der Waals surface area (Å²) < 4.78 is 6.59. The van der Waals surface area contributed by atoms with Crippen LogP contribution >= 0.6 is 43.6 Å². The number of para-hydroxylation sites is 2. The van der Waals surface area contributed by atoms with Crippen molar-refractivity contribution in [3.63, 3.8) is 0 Å². The van der Waals surface area contributed by atoms with Crippen LogP contribution in [0.25, 0.3) is 6.08 Å². The van der Waals surface area contributed by atoms with E-state index in [1.807, 2.05) is 12.1 Å². The molecule has 25 heavy (non-hydrogen) atoms. The summed E-state index contributed by atoms with van der Waals surface area (Å²) >= 11 is 7.85. The molecule has 0 aromatic heterocycles. The van der Waals surface area contributed by atoms with Gasteiger partial charge in [-0.25, -0.2) is 4.99 Å². The minimum absolute atomic E-state index is 0.0687. The van der Waals surface area contributed by atoms with Crippen LogP contribution in [0.5, 0.6) is 11.5 Å². The topological polar surface area (TPSA) is 70.9 Å². The third kappa shape index (κ3) is 4.08. The Morgan fingerprint density at radius 2 is 2.04 bits per heavy atom. The lowest BCUT2D eigenvalue weighted by molar-refractivity contribution is -0.115. The van der Waals surface area contributed by atoms with Crippen LogP contribution in [0, 0.1) is 0 Å². The summed E-state index contributed by atoms with van der Waals surface area (Å²) in [5, 5.41) is 13.3. The Hall–Kier alpha value is -1.77. The Morgan fingerprint density at radius 3 is 2.80 bits per heavy atom. The average Bonchev–Trinajstić information content (AvgIpc) is 2.92. The smallest absolute Gasteiger partial charge is 0.264 e. The van der Waals surface area contributed by atoms with Gasteiger partial charge in [0.2, 0.25) is 0 Å². The lowest BCUT2D eigenvalue weighted by atomic mass is 10.2. The van der Waals surface area contributed by atoms with Crippen molar-refractivity contribution in [3.8, 4) is 11.5 Å². The molecule has 128 valence electrons. The van der Waals surface area contributed by atoms with Crippen LogP contribution in [0.2, 0.25) is 0 Å². The van der Waals surface area contributed by atoms with Gasteiger partial charge in [0.15, 0.2) is 5.17 Å². The maximum Gasteiger partial charge on any atom is 0.264 e. The fourth-order valence-electron chi connectivity index (χ4n) is 2.15. The second-order valence-electron chi connectivity index (χ2n) is 4.98. The fourth-order valence-corrected chi connectivity index (χ4v) is 4.23. The van der Waals surface area contributed by atoms with Gasteiger partial charge in [0.25, 0.3) is 5.91 Å². The Bertz CT molecular complexity index is 913. The van der Waals surface area contributed by atoms with Crippen molar-refractivity contribution in [2.75, 3.05) is 7.11 Å². The minimum Gasteiger partial charge on any atom is -0.506 e. The van der Waals surface area contributed by atoms with Crippen molar-refractivity contribution in [1.82, 2.24) is 5.32 Å². The van der Waals surface area contributed by atoms with Crippen LogP contribution in [0.4, 0.5) is 5.69 Å². The molecule has 1 amide bonds. The molecule has 3 rings (SSSR count). The number of carbonyl (C=O) groups excluding carboxylic acids is 1. The molecule has 1 heterocycles. The quantitative estimate of drug-likeness (QED) is 0.614. The molecule has 1 aliphatic heterocycles. The zero-order valence-corrected chi connectivity index (χ0v) is 16.9. The van der Waals surface area contributed by atoms with E-state index in [0.29, 0.717) is 31.5 Å². The van der Waals surface area contributed by atoms with Gasteiger partial charge in [-0.05, 0) is 58.0 Å². The van der Waals surface area contributed by atoms with Crippen LogP contribution in [0.3, 0.4) is 0 Å². The molecule has 0 atom stereocenters. The molecular formula is C17H12Br2N2O3S. The number of phenols is 1. The summed E-state index contributed by atoms with van der Waals surface area (Å²) in [5.41, 5.74) is 1.15. The number of hydrogen-bond acceptors (Lipinski definition) is 5. The molecule has 5 nitrogen and oxygen atoms in total. The van der Waals surface area contributed by atoms with Crippen molar-refractivity contribution in [1.29, 1.82) is 0 Å². The number of amides is 1. The zero-order chi connectivity index (χ0) is 18.0. The number of hydrogen-bond donors (Lipinski definition) is 2. The van der Waals surface area contributed by atoms with Crippen LogP contribution in [0.15, 0.2) is 55.2 Å². The highest BCUT2D eigenvalue weighted by Crippen LogP contribution is 2.36. The fraction of sp³-hybridized carbons (Fsp3) is 0.0588. The van der Waals surface area contributed by atoms with E-state index < -0.39 is 0 Å². The molecule has 0 spiro atoms. The number of aliphatic imine (C=N–C) groups is 1. The molecule has 2 aromatic carbocycles. The number of benzene rings is 2. The third-order valence-corrected chi connectivity index (χ3v) is 5.27. The third-order valence-electron chi connectivity index (χ3n) is 3.30. The molecule has 2 N–H and O–H groups in total. The first-order valence-electron chi connectivity index (χ1n) is 7.08. The molecule has 0 saturated carbocycles. The van der Waals surface area contributed by atoms with Gasteiger partial charge in [-0.15, -0.1) is 0 Å². The summed E-state index contributed by atoms with van der Waals surface area (Å²) in [4.78, 5) is 17.1. The number of carbonyl (C=O) groups is 1. The normalized spacial score (nSPS) is 17.2. The number of aromatic hydroxyl groups is 1. The number of methoxy groups -OCH3 is 1. The summed E-state index contributed by atoms with van der Waals surface area (Å²) in [6.07, 6.45) is 1.62. The van der Waals surface area contributed by atoms with Gasteiger partial charge < -0.3 is 15.2 Å². The van der Waals surface area contributed by atoms with E-state index in [1.165, 1.54) is 11.8 Å². The van der Waals surface area contributed by atoms with Gasteiger partial charge in [-0.2, -0.15) is 0 Å². The van der Waals surface area contributed by atoms with Crippen LogP contribution in [0.1, 0.15) is 5.56 Å². The Labute approximate surface area is 165 Å². The second-order valence-corrected chi connectivity index (χ2v) is 7.78. The summed E-state index contributed by atoms with van der Waals surface area (Å²) in [6, 6.07) is 10.8. The highest BCUT2D eigenvalue weighted by Gasteiger charge is 2.24. The first-order valence-corrected chi connectivity index (χ1v) is 9.49. The van der Waals surface area contributed by atoms with Gasteiger partial charge in [0.05, 0.1) is 16.5 Å². The monoisotopic (exact) mass is 482 g/mol. The summed E-state index contributed by atoms with van der Waals surface area (Å²) in [5.74, 6) is 0.421. The average molecular weight is 484 g/mol. The van der Waals surface area contributed by atoms with Crippen LogP contribution in [-0.2, 0) is 4.79 Å². The number of nitrogens with one attached hydrogen (secondary N) is 1. The number of phenolic OH excluding ortho intramolecular Hbond substituents is 1. The van der Waals surface area contributed by atoms with E-state index in [-0.39, 0.29) is 11.7 Å². The van der Waals surface area contributed by atoms with Crippen molar-refractivity contribution in [2.45, 2.75) is 0 Å². The molecule has 1 aliphatic rings. The summed E-state index contributed by atoms with van der Waals surface area (Å²) in [6.45, 7) is 0. The maximum atomic E-state index is 12.2. The van der Waals surface area contributed by atoms with Crippen molar-refractivity contribution < 1.29 is 14.6 Å². The Balaban J connectivity index is 1.92. The van der Waals surface area contributed by atoms with E-state index in [1.54, 1.807) is 37.5 Å². The lowest BCUT2D eigenvalue weighted by Crippen LogP contribution is -2.19. The predicted molar refractivity (Wildman–Crippen MR) is 107 cm³/mol. The van der Waals surface area contributed by atoms with Crippen LogP contribution < -0.4 is 10.1 Å². The van der Waals surface area contributed by atoms with Gasteiger partial charge >= 0.3 is 0 Å². The standard InChI is InChI=1S/C17H12Br2N2O3S/c1-24-13-5-3-2-4-12(13)20-17-21-16(23)14(25-17)7-9-6-10(18)8-11(19)15(9)22/h2-8,22H,1H3,(H,20,21,23)/b14-7-. The highest BCUT2D eigenvalue weighted by atomic mass is 79.9. The van der Waals surface area contributed by atoms with Crippen molar-refractivity contribution in [3.05, 3.63) is 55.8 Å². The second kappa shape index (κ2) is 7.63. The molecule has 1 fully saturated rings. The molecule has 0 aliphatic carbocycles. The number of amidine groups is 1. The molecule has 0 radical (unpaired) electrons. The van der Waals surface area contributed by atoms with E-state index in [4.69, 9.17) is 4.74 Å². The lowest BCUT2D eigenvalue weighted by Gasteiger charge is -2.04. The number of halogens is 2. The molecule has 0 unspecified atom stereocenters. The minimum atomic E-state index is -0.269. The van der Waals surface area contributed by atoms with E-state index >= 15 is 0 Å². The van der Waals surface area contributed by atoms with Gasteiger partial charge in [0, 0.05) is 10.0 Å². The predicted octanol–water partition coefficient (Wildman–Crippen LogP) is 4.82. The Morgan fingerprint density at radius 1 is 1.28 bits per heavy atom. The first kappa shape index (κ1) is 18.0. The number of thioether (sulfide) groups is 1. The molecule has 1 saturated heterocycles. The molecule has 0 bridgehead atoms. The van der Waals surface area contributed by atoms with Gasteiger partial charge in [-0.1, -0.05) is 28.1 Å². The number of nitrogens with zero attached hydrogens (tertiary/aromatic N) is 1. The molecular weight excluding hydrogens is 472 g/mol. The SMILES string of the molecule is COc1ccccc1N=C1NC(=O)/C(=C/c2cc(Br)cc(Br)c2O)S1. The molecule has 8 heteroatoms. The molecule has 2 aromatic rings. The largest absolute Gasteiger partial charge is 0.506 e. The maximum absolute atomic E-state index is 12.2. The number of ether oxygens (including phenoxy) is 1. The Kier molecular flexibility index (Phi) is 5.51. The van der Waals surface area contributed by atoms with Crippen molar-refractivity contribution in [2.24, 2.45) is 4.99 Å². The van der Waals surface area contributed by atoms with Crippen LogP contribution in [-0.4, -0.2) is 23.3 Å². The first-order chi connectivity index (χ1) is 12.0. The van der Waals surface area contributed by atoms with Crippen molar-refractivity contribution >= 4 is 66.5 Å².